The van der Waals surface area contributed by atoms with Crippen molar-refractivity contribution in [2.24, 2.45) is 5.92 Å². The van der Waals surface area contributed by atoms with Crippen molar-refractivity contribution in [1.82, 2.24) is 4.98 Å². The molecule has 0 atom stereocenters. The second-order valence-corrected chi connectivity index (χ2v) is 5.92. The smallest absolute Gasteiger partial charge is 0.340 e. The highest BCUT2D eigenvalue weighted by molar-refractivity contribution is 5.97. The van der Waals surface area contributed by atoms with Crippen molar-refractivity contribution in [2.45, 2.75) is 46.1 Å². The lowest BCUT2D eigenvalue weighted by atomic mass is 10.1. The first-order valence-corrected chi connectivity index (χ1v) is 7.72. The van der Waals surface area contributed by atoms with Gasteiger partial charge in [-0.25, -0.2) is 9.78 Å². The van der Waals surface area contributed by atoms with Crippen LogP contribution < -0.4 is 10.6 Å². The lowest BCUT2D eigenvalue weighted by molar-refractivity contribution is 0.0527. The summed E-state index contributed by atoms with van der Waals surface area (Å²) in [6.45, 7) is 7.46. The van der Waals surface area contributed by atoms with Crippen LogP contribution in [0.1, 0.15) is 50.4 Å². The number of carbonyl (C=O) groups is 1. The van der Waals surface area contributed by atoms with Gasteiger partial charge in [0.1, 0.15) is 0 Å². The third-order valence-corrected chi connectivity index (χ3v) is 3.67. The van der Waals surface area contributed by atoms with Crippen molar-refractivity contribution < 1.29 is 9.53 Å². The Hall–Kier alpha value is -1.78. The van der Waals surface area contributed by atoms with Crippen molar-refractivity contribution in [1.29, 1.82) is 0 Å². The lowest BCUT2D eigenvalue weighted by Gasteiger charge is -2.26. The number of hydrogen-bond acceptors (Lipinski definition) is 5. The van der Waals surface area contributed by atoms with Gasteiger partial charge in [0.15, 0.2) is 5.82 Å². The number of hydrogen-bond donors (Lipinski definition) is 1. The molecule has 1 aromatic rings. The van der Waals surface area contributed by atoms with Crippen LogP contribution in [0.2, 0.25) is 0 Å². The molecule has 0 spiro atoms. The molecular weight excluding hydrogens is 266 g/mol. The van der Waals surface area contributed by atoms with Crippen LogP contribution in [0.3, 0.4) is 0 Å². The quantitative estimate of drug-likeness (QED) is 0.782. The molecule has 0 bridgehead atoms. The maximum Gasteiger partial charge on any atom is 0.340 e. The largest absolute Gasteiger partial charge is 0.462 e. The molecule has 2 N–H and O–H groups in total. The lowest BCUT2D eigenvalue weighted by Crippen LogP contribution is -2.30. The fraction of sp³-hybridized carbons (Fsp3) is 0.625. The molecule has 1 aliphatic rings. The third-order valence-electron chi connectivity index (χ3n) is 3.67. The summed E-state index contributed by atoms with van der Waals surface area (Å²) < 4.78 is 5.05. The molecule has 1 fully saturated rings. The SMILES string of the molecule is CCOC(=O)c1ccnc(N(CCC(C)C)C2CC2)c1N. The maximum atomic E-state index is 11.9. The molecule has 1 aliphatic carbocycles. The van der Waals surface area contributed by atoms with Crippen molar-refractivity contribution in [3.63, 3.8) is 0 Å². The fourth-order valence-electron chi connectivity index (χ4n) is 2.32. The molecule has 5 heteroatoms. The Morgan fingerprint density at radius 3 is 2.81 bits per heavy atom. The molecule has 2 rings (SSSR count). The summed E-state index contributed by atoms with van der Waals surface area (Å²) in [5, 5.41) is 0. The van der Waals surface area contributed by atoms with Crippen molar-refractivity contribution in [2.75, 3.05) is 23.8 Å². The summed E-state index contributed by atoms with van der Waals surface area (Å²) in [5.74, 6) is 0.975. The minimum Gasteiger partial charge on any atom is -0.462 e. The summed E-state index contributed by atoms with van der Waals surface area (Å²) in [6.07, 6.45) is 5.07. The van der Waals surface area contributed by atoms with Gasteiger partial charge in [-0.3, -0.25) is 0 Å². The van der Waals surface area contributed by atoms with Crippen LogP contribution in [-0.2, 0) is 4.74 Å². The van der Waals surface area contributed by atoms with E-state index in [0.717, 1.165) is 18.8 Å². The minimum absolute atomic E-state index is 0.343. The number of rotatable bonds is 7. The van der Waals surface area contributed by atoms with E-state index in [0.29, 0.717) is 29.8 Å². The monoisotopic (exact) mass is 291 g/mol. The summed E-state index contributed by atoms with van der Waals surface area (Å²) in [7, 11) is 0. The van der Waals surface area contributed by atoms with E-state index in [2.05, 4.69) is 23.7 Å². The summed E-state index contributed by atoms with van der Waals surface area (Å²) in [6, 6.07) is 2.14. The number of pyridine rings is 1. The highest BCUT2D eigenvalue weighted by Gasteiger charge is 2.32. The Morgan fingerprint density at radius 1 is 1.52 bits per heavy atom. The van der Waals surface area contributed by atoms with Gasteiger partial charge >= 0.3 is 5.97 Å². The topological polar surface area (TPSA) is 68.5 Å². The van der Waals surface area contributed by atoms with E-state index in [1.165, 1.54) is 12.8 Å². The third kappa shape index (κ3) is 3.86. The average Bonchev–Trinajstić information content (AvgIpc) is 3.25. The van der Waals surface area contributed by atoms with Crippen molar-refractivity contribution >= 4 is 17.5 Å². The Bertz CT molecular complexity index is 498. The van der Waals surface area contributed by atoms with Crippen LogP contribution in [0.15, 0.2) is 12.3 Å². The predicted octanol–water partition coefficient (Wildman–Crippen LogP) is 2.86. The normalized spacial score (nSPS) is 14.3. The predicted molar refractivity (Wildman–Crippen MR) is 84.4 cm³/mol. The number of anilines is 2. The van der Waals surface area contributed by atoms with Gasteiger partial charge in [-0.1, -0.05) is 13.8 Å². The fourth-order valence-corrected chi connectivity index (χ4v) is 2.32. The van der Waals surface area contributed by atoms with E-state index >= 15 is 0 Å². The number of ether oxygens (including phenoxy) is 1. The molecule has 1 aromatic heterocycles. The van der Waals surface area contributed by atoms with E-state index in [1.807, 2.05) is 0 Å². The Morgan fingerprint density at radius 2 is 2.24 bits per heavy atom. The van der Waals surface area contributed by atoms with Gasteiger partial charge in [0.25, 0.3) is 0 Å². The van der Waals surface area contributed by atoms with Crippen LogP contribution in [0, 0.1) is 5.92 Å². The average molecular weight is 291 g/mol. The van der Waals surface area contributed by atoms with Gasteiger partial charge < -0.3 is 15.4 Å². The summed E-state index contributed by atoms with van der Waals surface area (Å²) >= 11 is 0. The summed E-state index contributed by atoms with van der Waals surface area (Å²) in [5.41, 5.74) is 7.03. The second kappa shape index (κ2) is 6.78. The van der Waals surface area contributed by atoms with Gasteiger partial charge in [0.2, 0.25) is 0 Å². The number of nitrogens with zero attached hydrogens (tertiary/aromatic N) is 2. The zero-order valence-corrected chi connectivity index (χ0v) is 13.1. The molecule has 116 valence electrons. The molecule has 21 heavy (non-hydrogen) atoms. The van der Waals surface area contributed by atoms with Crippen LogP contribution in [-0.4, -0.2) is 30.1 Å². The van der Waals surface area contributed by atoms with E-state index in [9.17, 15) is 4.79 Å². The highest BCUT2D eigenvalue weighted by Crippen LogP contribution is 2.35. The minimum atomic E-state index is -0.377. The van der Waals surface area contributed by atoms with E-state index < -0.39 is 0 Å². The van der Waals surface area contributed by atoms with Gasteiger partial charge in [0, 0.05) is 18.8 Å². The van der Waals surface area contributed by atoms with Gasteiger partial charge in [-0.05, 0) is 38.2 Å². The standard InChI is InChI=1S/C16H25N3O2/c1-4-21-16(20)13-7-9-18-15(14(13)17)19(12-5-6-12)10-8-11(2)3/h7,9,11-12H,4-6,8,10,17H2,1-3H3. The van der Waals surface area contributed by atoms with Crippen molar-refractivity contribution in [3.8, 4) is 0 Å². The van der Waals surface area contributed by atoms with Crippen molar-refractivity contribution in [3.05, 3.63) is 17.8 Å². The second-order valence-electron chi connectivity index (χ2n) is 5.92. The Balaban J connectivity index is 2.24. The summed E-state index contributed by atoms with van der Waals surface area (Å²) in [4.78, 5) is 18.6. The van der Waals surface area contributed by atoms with Crippen LogP contribution in [0.4, 0.5) is 11.5 Å². The maximum absolute atomic E-state index is 11.9. The Kier molecular flexibility index (Phi) is 5.04. The highest BCUT2D eigenvalue weighted by atomic mass is 16.5. The van der Waals surface area contributed by atoms with Crippen LogP contribution >= 0.6 is 0 Å². The molecule has 0 aliphatic heterocycles. The zero-order chi connectivity index (χ0) is 15.4. The molecule has 1 heterocycles. The first-order valence-electron chi connectivity index (χ1n) is 7.72. The molecule has 0 saturated heterocycles. The molecule has 0 aromatic carbocycles. The van der Waals surface area contributed by atoms with E-state index in [4.69, 9.17) is 10.5 Å². The van der Waals surface area contributed by atoms with Crippen LogP contribution in [0.5, 0.6) is 0 Å². The molecule has 1 saturated carbocycles. The number of nitrogen functional groups attached to an aromatic ring is 1. The molecule has 0 radical (unpaired) electrons. The first-order chi connectivity index (χ1) is 10.0. The number of aromatic nitrogens is 1. The van der Waals surface area contributed by atoms with Gasteiger partial charge in [-0.15, -0.1) is 0 Å². The number of carbonyl (C=O) groups excluding carboxylic acids is 1. The molecule has 0 amide bonds. The molecular formula is C16H25N3O2. The zero-order valence-electron chi connectivity index (χ0n) is 13.1. The molecule has 5 nitrogen and oxygen atoms in total. The number of esters is 1. The Labute approximate surface area is 126 Å². The van der Waals surface area contributed by atoms with E-state index in [-0.39, 0.29) is 5.97 Å². The van der Waals surface area contributed by atoms with Crippen LogP contribution in [0.25, 0.3) is 0 Å². The van der Waals surface area contributed by atoms with Gasteiger partial charge in [0.05, 0.1) is 17.9 Å². The molecule has 0 unspecified atom stereocenters. The van der Waals surface area contributed by atoms with E-state index in [1.54, 1.807) is 19.2 Å². The van der Waals surface area contributed by atoms with Gasteiger partial charge in [-0.2, -0.15) is 0 Å². The first kappa shape index (κ1) is 15.6. The number of nitrogens with two attached hydrogens (primary N) is 1.